The van der Waals surface area contributed by atoms with Crippen LogP contribution in [0.4, 0.5) is 10.5 Å². The van der Waals surface area contributed by atoms with Crippen LogP contribution in [0.5, 0.6) is 0 Å². The summed E-state index contributed by atoms with van der Waals surface area (Å²) in [5.74, 6) is -0.378. The van der Waals surface area contributed by atoms with Crippen molar-refractivity contribution in [3.8, 4) is 0 Å². The molecule has 0 atom stereocenters. The molecular weight excluding hydrogens is 272 g/mol. The highest BCUT2D eigenvalue weighted by molar-refractivity contribution is 5.90. The van der Waals surface area contributed by atoms with Crippen molar-refractivity contribution in [1.82, 2.24) is 5.32 Å². The van der Waals surface area contributed by atoms with Gasteiger partial charge in [-0.1, -0.05) is 12.1 Å². The zero-order valence-corrected chi connectivity index (χ0v) is 12.2. The van der Waals surface area contributed by atoms with Crippen molar-refractivity contribution in [2.75, 3.05) is 32.2 Å². The molecule has 6 heteroatoms. The first kappa shape index (κ1) is 16.7. The van der Waals surface area contributed by atoms with Crippen molar-refractivity contribution in [1.29, 1.82) is 0 Å². The number of esters is 1. The summed E-state index contributed by atoms with van der Waals surface area (Å²) in [5, 5.41) is 5.34. The molecule has 0 aromatic heterocycles. The summed E-state index contributed by atoms with van der Waals surface area (Å²) in [7, 11) is 1.57. The third-order valence-corrected chi connectivity index (χ3v) is 2.46. The van der Waals surface area contributed by atoms with Crippen molar-refractivity contribution in [2.24, 2.45) is 0 Å². The van der Waals surface area contributed by atoms with E-state index in [9.17, 15) is 9.59 Å². The van der Waals surface area contributed by atoms with Crippen molar-refractivity contribution < 1.29 is 19.1 Å². The molecular formula is C15H20N2O4. The molecule has 2 amide bonds. The van der Waals surface area contributed by atoms with Crippen LogP contribution in [-0.4, -0.2) is 38.9 Å². The molecule has 0 heterocycles. The van der Waals surface area contributed by atoms with Crippen molar-refractivity contribution in [3.63, 3.8) is 0 Å². The second kappa shape index (κ2) is 9.55. The van der Waals surface area contributed by atoms with E-state index >= 15 is 0 Å². The van der Waals surface area contributed by atoms with Crippen LogP contribution in [0.15, 0.2) is 30.3 Å². The monoisotopic (exact) mass is 292 g/mol. The predicted octanol–water partition coefficient (Wildman–Crippen LogP) is 2.03. The average Bonchev–Trinajstić information content (AvgIpc) is 2.47. The molecule has 0 saturated heterocycles. The van der Waals surface area contributed by atoms with Gasteiger partial charge in [0.05, 0.1) is 13.2 Å². The summed E-state index contributed by atoms with van der Waals surface area (Å²) in [6.45, 7) is 3.02. The van der Waals surface area contributed by atoms with Gasteiger partial charge in [0.25, 0.3) is 0 Å². The maximum atomic E-state index is 11.5. The second-order valence-corrected chi connectivity index (χ2v) is 4.08. The molecule has 0 unspecified atom stereocenters. The summed E-state index contributed by atoms with van der Waals surface area (Å²) in [6, 6.07) is 6.80. The van der Waals surface area contributed by atoms with E-state index in [4.69, 9.17) is 9.47 Å². The van der Waals surface area contributed by atoms with Crippen LogP contribution in [0, 0.1) is 0 Å². The molecule has 0 fully saturated rings. The number of urea groups is 1. The van der Waals surface area contributed by atoms with Crippen LogP contribution in [0.25, 0.3) is 6.08 Å². The quantitative estimate of drug-likeness (QED) is 0.458. The number of benzene rings is 1. The van der Waals surface area contributed by atoms with Crippen LogP contribution >= 0.6 is 0 Å². The van der Waals surface area contributed by atoms with Crippen molar-refractivity contribution >= 4 is 23.8 Å². The maximum Gasteiger partial charge on any atom is 0.330 e. The molecule has 2 N–H and O–H groups in total. The van der Waals surface area contributed by atoms with Crippen molar-refractivity contribution in [2.45, 2.75) is 6.92 Å². The lowest BCUT2D eigenvalue weighted by Crippen LogP contribution is -2.31. The Bertz CT molecular complexity index is 483. The Kier molecular flexibility index (Phi) is 7.60. The van der Waals surface area contributed by atoms with Crippen LogP contribution in [0.3, 0.4) is 0 Å². The van der Waals surface area contributed by atoms with E-state index in [2.05, 4.69) is 10.6 Å². The summed E-state index contributed by atoms with van der Waals surface area (Å²) in [5.41, 5.74) is 1.51. The first-order valence-corrected chi connectivity index (χ1v) is 6.64. The average molecular weight is 292 g/mol. The SMILES string of the molecule is CCOC(=O)/C=C\c1ccc(NC(=O)NCCOC)cc1. The van der Waals surface area contributed by atoms with Crippen LogP contribution < -0.4 is 10.6 Å². The highest BCUT2D eigenvalue weighted by atomic mass is 16.5. The number of carbonyl (C=O) groups excluding carboxylic acids is 2. The standard InChI is InChI=1S/C15H20N2O4/c1-3-21-14(18)9-6-12-4-7-13(8-5-12)17-15(19)16-10-11-20-2/h4-9H,3,10-11H2,1-2H3,(H2,16,17,19)/b9-6-. The van der Waals surface area contributed by atoms with Crippen LogP contribution in [-0.2, 0) is 14.3 Å². The molecule has 1 rings (SSSR count). The number of anilines is 1. The van der Waals surface area contributed by atoms with Crippen molar-refractivity contribution in [3.05, 3.63) is 35.9 Å². The Morgan fingerprint density at radius 1 is 1.24 bits per heavy atom. The first-order chi connectivity index (χ1) is 10.2. The number of hydrogen-bond acceptors (Lipinski definition) is 4. The Balaban J connectivity index is 2.46. The van der Waals surface area contributed by atoms with E-state index in [-0.39, 0.29) is 12.0 Å². The first-order valence-electron chi connectivity index (χ1n) is 6.64. The van der Waals surface area contributed by atoms with Gasteiger partial charge in [0, 0.05) is 25.4 Å². The molecule has 0 bridgehead atoms. The smallest absolute Gasteiger partial charge is 0.330 e. The fourth-order valence-corrected chi connectivity index (χ4v) is 1.47. The number of rotatable bonds is 7. The Labute approximate surface area is 124 Å². The van der Waals surface area contributed by atoms with Crippen LogP contribution in [0.1, 0.15) is 12.5 Å². The van der Waals surface area contributed by atoms with E-state index in [1.54, 1.807) is 44.4 Å². The van der Waals surface area contributed by atoms with Gasteiger partial charge >= 0.3 is 12.0 Å². The van der Waals surface area contributed by atoms with E-state index in [1.165, 1.54) is 6.08 Å². The number of ether oxygens (including phenoxy) is 2. The van der Waals surface area contributed by atoms with Crippen LogP contribution in [0.2, 0.25) is 0 Å². The molecule has 114 valence electrons. The van der Waals surface area contributed by atoms with Gasteiger partial charge in [-0.25, -0.2) is 9.59 Å². The highest BCUT2D eigenvalue weighted by Gasteiger charge is 2.00. The molecule has 1 aromatic carbocycles. The lowest BCUT2D eigenvalue weighted by Gasteiger charge is -2.07. The summed E-state index contributed by atoms with van der Waals surface area (Å²) >= 11 is 0. The van der Waals surface area contributed by atoms with E-state index in [0.29, 0.717) is 25.4 Å². The fraction of sp³-hybridized carbons (Fsp3) is 0.333. The van der Waals surface area contributed by atoms with Gasteiger partial charge in [-0.3, -0.25) is 0 Å². The molecule has 6 nitrogen and oxygen atoms in total. The normalized spacial score (nSPS) is 10.4. The largest absolute Gasteiger partial charge is 0.463 e. The molecule has 0 spiro atoms. The van der Waals surface area contributed by atoms with E-state index in [0.717, 1.165) is 5.56 Å². The summed E-state index contributed by atoms with van der Waals surface area (Å²) < 4.78 is 9.62. The zero-order valence-electron chi connectivity index (χ0n) is 12.2. The molecule has 0 aliphatic rings. The number of amides is 2. The Hall–Kier alpha value is -2.34. The molecule has 0 aliphatic carbocycles. The van der Waals surface area contributed by atoms with Gasteiger partial charge in [0.15, 0.2) is 0 Å². The summed E-state index contributed by atoms with van der Waals surface area (Å²) in [4.78, 5) is 22.7. The minimum absolute atomic E-state index is 0.290. The third kappa shape index (κ3) is 7.12. The number of hydrogen-bond donors (Lipinski definition) is 2. The predicted molar refractivity (Wildman–Crippen MR) is 81.0 cm³/mol. The fourth-order valence-electron chi connectivity index (χ4n) is 1.47. The third-order valence-electron chi connectivity index (χ3n) is 2.46. The van der Waals surface area contributed by atoms with Gasteiger partial charge in [-0.15, -0.1) is 0 Å². The molecule has 21 heavy (non-hydrogen) atoms. The Morgan fingerprint density at radius 2 is 1.95 bits per heavy atom. The molecule has 0 aliphatic heterocycles. The lowest BCUT2D eigenvalue weighted by atomic mass is 10.2. The van der Waals surface area contributed by atoms with E-state index in [1.807, 2.05) is 0 Å². The Morgan fingerprint density at radius 3 is 2.57 bits per heavy atom. The van der Waals surface area contributed by atoms with Gasteiger partial charge in [0.1, 0.15) is 0 Å². The highest BCUT2D eigenvalue weighted by Crippen LogP contribution is 2.10. The number of methoxy groups -OCH3 is 1. The number of carbonyl (C=O) groups is 2. The number of nitrogens with one attached hydrogen (secondary N) is 2. The van der Waals surface area contributed by atoms with Gasteiger partial charge in [0.2, 0.25) is 0 Å². The summed E-state index contributed by atoms with van der Waals surface area (Å²) in [6.07, 6.45) is 3.02. The van der Waals surface area contributed by atoms with E-state index < -0.39 is 0 Å². The zero-order chi connectivity index (χ0) is 15.5. The van der Waals surface area contributed by atoms with Gasteiger partial charge in [-0.2, -0.15) is 0 Å². The lowest BCUT2D eigenvalue weighted by molar-refractivity contribution is -0.137. The van der Waals surface area contributed by atoms with Gasteiger partial charge < -0.3 is 20.1 Å². The van der Waals surface area contributed by atoms with Gasteiger partial charge in [-0.05, 0) is 30.7 Å². The second-order valence-electron chi connectivity index (χ2n) is 4.08. The molecule has 1 aromatic rings. The maximum absolute atomic E-state index is 11.5. The minimum Gasteiger partial charge on any atom is -0.463 e. The topological polar surface area (TPSA) is 76.7 Å². The molecule has 0 radical (unpaired) electrons. The molecule has 0 saturated carbocycles. The minimum atomic E-state index is -0.378.